The monoisotopic (exact) mass is 276 g/mol. The summed E-state index contributed by atoms with van der Waals surface area (Å²) in [7, 11) is 0. The van der Waals surface area contributed by atoms with Gasteiger partial charge in [-0.1, -0.05) is 5.16 Å². The molecule has 1 heterocycles. The number of anilines is 1. The van der Waals surface area contributed by atoms with E-state index in [2.05, 4.69) is 31.1 Å². The number of benzene rings is 1. The van der Waals surface area contributed by atoms with E-state index in [1.165, 1.54) is 6.92 Å². The van der Waals surface area contributed by atoms with E-state index in [1.807, 2.05) is 0 Å². The van der Waals surface area contributed by atoms with Gasteiger partial charge < -0.3 is 15.6 Å². The first-order valence-corrected chi connectivity index (χ1v) is 5.60. The van der Waals surface area contributed by atoms with E-state index in [1.54, 1.807) is 19.1 Å². The van der Waals surface area contributed by atoms with Crippen molar-refractivity contribution in [1.29, 1.82) is 0 Å². The molecule has 20 heavy (non-hydrogen) atoms. The molecule has 1 amide bonds. The van der Waals surface area contributed by atoms with Crippen molar-refractivity contribution in [2.45, 2.75) is 13.8 Å². The van der Waals surface area contributed by atoms with Gasteiger partial charge >= 0.3 is 0 Å². The van der Waals surface area contributed by atoms with Crippen LogP contribution in [0.2, 0.25) is 0 Å². The average Bonchev–Trinajstić information content (AvgIpc) is 2.95. The van der Waals surface area contributed by atoms with Crippen LogP contribution in [0.1, 0.15) is 28.7 Å². The number of tetrazole rings is 1. The zero-order chi connectivity index (χ0) is 14.7. The Morgan fingerprint density at radius 1 is 1.45 bits per heavy atom. The van der Waals surface area contributed by atoms with Gasteiger partial charge in [0.25, 0.3) is 5.91 Å². The maximum Gasteiger partial charge on any atom is 0.295 e. The number of nitrogens with zero attached hydrogens (tertiary/aromatic N) is 4. The summed E-state index contributed by atoms with van der Waals surface area (Å²) in [6.07, 6.45) is 0. The molecule has 0 saturated carbocycles. The number of H-pyrrole nitrogens is 1. The molecule has 0 radical (unpaired) electrons. The molecule has 0 bridgehead atoms. The molecule has 0 aliphatic carbocycles. The molecule has 104 valence electrons. The predicted molar refractivity (Wildman–Crippen MR) is 69.0 cm³/mol. The highest BCUT2D eigenvalue weighted by Crippen LogP contribution is 2.30. The van der Waals surface area contributed by atoms with Gasteiger partial charge in [0.15, 0.2) is 0 Å². The van der Waals surface area contributed by atoms with Crippen LogP contribution in [0.25, 0.3) is 0 Å². The van der Waals surface area contributed by atoms with Crippen molar-refractivity contribution >= 4 is 17.3 Å². The normalized spacial score (nSPS) is 11.4. The van der Waals surface area contributed by atoms with Crippen molar-refractivity contribution in [3.05, 3.63) is 29.1 Å². The number of carbonyl (C=O) groups is 1. The molecule has 2 aromatic rings. The van der Waals surface area contributed by atoms with Gasteiger partial charge in [0.05, 0.1) is 11.4 Å². The van der Waals surface area contributed by atoms with Crippen molar-refractivity contribution in [1.82, 2.24) is 20.6 Å². The molecule has 0 aliphatic heterocycles. The van der Waals surface area contributed by atoms with Crippen molar-refractivity contribution < 1.29 is 15.1 Å². The Labute approximate surface area is 113 Å². The van der Waals surface area contributed by atoms with Gasteiger partial charge in [-0.3, -0.25) is 4.79 Å². The van der Waals surface area contributed by atoms with Crippen molar-refractivity contribution in [2.75, 3.05) is 5.32 Å². The number of aromatic hydroxyl groups is 1. The smallest absolute Gasteiger partial charge is 0.295 e. The number of nitrogens with one attached hydrogen (secondary N) is 2. The zero-order valence-corrected chi connectivity index (χ0v) is 10.7. The second-order valence-electron chi connectivity index (χ2n) is 4.10. The minimum Gasteiger partial charge on any atom is -0.505 e. The molecule has 0 aliphatic rings. The molecule has 2 rings (SSSR count). The summed E-state index contributed by atoms with van der Waals surface area (Å²) >= 11 is 0. The van der Waals surface area contributed by atoms with E-state index in [-0.39, 0.29) is 23.0 Å². The maximum atomic E-state index is 11.8. The van der Waals surface area contributed by atoms with Gasteiger partial charge in [-0.15, -0.1) is 5.10 Å². The number of rotatable bonds is 3. The third-order valence-electron chi connectivity index (χ3n) is 2.60. The molecule has 1 aromatic carbocycles. The molecular weight excluding hydrogens is 264 g/mol. The molecule has 1 aromatic heterocycles. The number of aromatic amines is 1. The lowest BCUT2D eigenvalue weighted by Crippen LogP contribution is -2.14. The number of oxime groups is 1. The minimum atomic E-state index is -0.597. The summed E-state index contributed by atoms with van der Waals surface area (Å²) in [6.45, 7) is 3.31. The molecule has 0 fully saturated rings. The van der Waals surface area contributed by atoms with Crippen LogP contribution in [0.3, 0.4) is 0 Å². The molecule has 0 spiro atoms. The minimum absolute atomic E-state index is 0.0833. The van der Waals surface area contributed by atoms with Crippen LogP contribution in [-0.4, -0.2) is 42.6 Å². The van der Waals surface area contributed by atoms with Crippen LogP contribution in [0, 0.1) is 6.92 Å². The third kappa shape index (κ3) is 2.55. The van der Waals surface area contributed by atoms with Crippen molar-refractivity contribution in [2.24, 2.45) is 5.16 Å². The Morgan fingerprint density at radius 3 is 2.80 bits per heavy atom. The fraction of sp³-hybridized carbons (Fsp3) is 0.182. The number of phenols is 1. The van der Waals surface area contributed by atoms with Crippen LogP contribution in [0.4, 0.5) is 5.69 Å². The summed E-state index contributed by atoms with van der Waals surface area (Å²) in [5.74, 6) is -0.882. The zero-order valence-electron chi connectivity index (χ0n) is 10.7. The second kappa shape index (κ2) is 5.34. The SMILES string of the molecule is CC(=NO)c1cc(C)cc(NC(=O)c2nnn[nH]2)c1O. The van der Waals surface area contributed by atoms with E-state index in [0.717, 1.165) is 5.56 Å². The lowest BCUT2D eigenvalue weighted by atomic mass is 10.0. The lowest BCUT2D eigenvalue weighted by molar-refractivity contribution is 0.101. The van der Waals surface area contributed by atoms with E-state index in [4.69, 9.17) is 5.21 Å². The highest BCUT2D eigenvalue weighted by molar-refractivity contribution is 6.06. The Balaban J connectivity index is 2.37. The Morgan fingerprint density at radius 2 is 2.20 bits per heavy atom. The van der Waals surface area contributed by atoms with Gasteiger partial charge in [-0.2, -0.15) is 0 Å². The van der Waals surface area contributed by atoms with E-state index in [9.17, 15) is 9.90 Å². The Kier molecular flexibility index (Phi) is 3.60. The number of hydrogen-bond donors (Lipinski definition) is 4. The van der Waals surface area contributed by atoms with Crippen LogP contribution >= 0.6 is 0 Å². The largest absolute Gasteiger partial charge is 0.505 e. The van der Waals surface area contributed by atoms with E-state index in [0.29, 0.717) is 5.56 Å². The summed E-state index contributed by atoms with van der Waals surface area (Å²) in [5.41, 5.74) is 1.48. The van der Waals surface area contributed by atoms with Crippen LogP contribution in [0.5, 0.6) is 5.75 Å². The number of carbonyl (C=O) groups excluding carboxylic acids is 1. The number of aromatic nitrogens is 4. The molecule has 0 atom stereocenters. The highest BCUT2D eigenvalue weighted by Gasteiger charge is 2.16. The van der Waals surface area contributed by atoms with Crippen molar-refractivity contribution in [3.63, 3.8) is 0 Å². The summed E-state index contributed by atoms with van der Waals surface area (Å²) in [5, 5.41) is 36.7. The molecule has 0 unspecified atom stereocenters. The molecule has 9 heteroatoms. The summed E-state index contributed by atoms with van der Waals surface area (Å²) in [6, 6.07) is 3.21. The molecular formula is C11H12N6O3. The van der Waals surface area contributed by atoms with Gasteiger partial charge in [0, 0.05) is 5.56 Å². The van der Waals surface area contributed by atoms with Gasteiger partial charge in [0.1, 0.15) is 5.75 Å². The van der Waals surface area contributed by atoms with E-state index >= 15 is 0 Å². The van der Waals surface area contributed by atoms with Gasteiger partial charge in [-0.05, 0) is 42.0 Å². The first kappa shape index (κ1) is 13.5. The fourth-order valence-corrected chi connectivity index (χ4v) is 1.64. The number of phenolic OH excluding ortho intramolecular Hbond substituents is 1. The standard InChI is InChI=1S/C11H12N6O3/c1-5-3-7(6(2)15-20)9(18)8(4-5)12-11(19)10-13-16-17-14-10/h3-4,18,20H,1-2H3,(H,12,19)(H,13,14,16,17). The summed E-state index contributed by atoms with van der Waals surface area (Å²) < 4.78 is 0. The quantitative estimate of drug-likeness (QED) is 0.281. The first-order chi connectivity index (χ1) is 9.52. The van der Waals surface area contributed by atoms with Gasteiger partial charge in [0.2, 0.25) is 5.82 Å². The molecule has 4 N–H and O–H groups in total. The lowest BCUT2D eigenvalue weighted by Gasteiger charge is -2.11. The Hall–Kier alpha value is -2.97. The number of aryl methyl sites for hydroxylation is 1. The third-order valence-corrected chi connectivity index (χ3v) is 2.60. The number of amides is 1. The maximum absolute atomic E-state index is 11.8. The summed E-state index contributed by atoms with van der Waals surface area (Å²) in [4.78, 5) is 11.8. The van der Waals surface area contributed by atoms with Crippen LogP contribution < -0.4 is 5.32 Å². The van der Waals surface area contributed by atoms with Crippen LogP contribution in [0.15, 0.2) is 17.3 Å². The van der Waals surface area contributed by atoms with Crippen LogP contribution in [-0.2, 0) is 0 Å². The highest BCUT2D eigenvalue weighted by atomic mass is 16.4. The van der Waals surface area contributed by atoms with Gasteiger partial charge in [-0.25, -0.2) is 5.10 Å². The first-order valence-electron chi connectivity index (χ1n) is 5.60. The average molecular weight is 276 g/mol. The fourth-order valence-electron chi connectivity index (χ4n) is 1.64. The second-order valence-corrected chi connectivity index (χ2v) is 4.10. The van der Waals surface area contributed by atoms with E-state index < -0.39 is 5.91 Å². The molecule has 9 nitrogen and oxygen atoms in total. The predicted octanol–water partition coefficient (Wildman–Crippen LogP) is 0.664. The number of hydrogen-bond acceptors (Lipinski definition) is 7. The topological polar surface area (TPSA) is 136 Å². The van der Waals surface area contributed by atoms with Crippen molar-refractivity contribution in [3.8, 4) is 5.75 Å². The Bertz CT molecular complexity index is 665. The molecule has 0 saturated heterocycles.